The van der Waals surface area contributed by atoms with Crippen molar-refractivity contribution < 1.29 is 4.74 Å². The maximum absolute atomic E-state index is 5.44. The third-order valence-electron chi connectivity index (χ3n) is 3.46. The fourth-order valence-electron chi connectivity index (χ4n) is 1.91. The van der Waals surface area contributed by atoms with Gasteiger partial charge in [-0.3, -0.25) is 0 Å². The topological polar surface area (TPSA) is 26.2 Å². The Bertz CT molecular complexity index is 383. The summed E-state index contributed by atoms with van der Waals surface area (Å²) in [5.41, 5.74) is 3.43. The van der Waals surface area contributed by atoms with Crippen LogP contribution in [-0.2, 0) is 17.9 Å². The summed E-state index contributed by atoms with van der Waals surface area (Å²) in [7, 11) is 0. The van der Waals surface area contributed by atoms with Gasteiger partial charge in [0.15, 0.2) is 0 Å². The summed E-state index contributed by atoms with van der Waals surface area (Å²) >= 11 is 0. The zero-order valence-corrected chi connectivity index (χ0v) is 11.0. The van der Waals surface area contributed by atoms with Crippen molar-refractivity contribution in [1.29, 1.82) is 0 Å². The van der Waals surface area contributed by atoms with Gasteiger partial charge in [0.1, 0.15) is 0 Å². The van der Waals surface area contributed by atoms with Crippen molar-refractivity contribution in [2.45, 2.75) is 40.0 Å². The van der Waals surface area contributed by atoms with Crippen LogP contribution in [0.25, 0.3) is 5.70 Å². The second-order valence-corrected chi connectivity index (χ2v) is 5.12. The molecule has 0 amide bonds. The van der Waals surface area contributed by atoms with Crippen LogP contribution in [0.5, 0.6) is 0 Å². The molecule has 1 aromatic rings. The monoisotopic (exact) mass is 234 g/mol. The van der Waals surface area contributed by atoms with E-state index < -0.39 is 0 Å². The average Bonchev–Trinajstić information content (AvgIpc) is 2.72. The lowest BCUT2D eigenvalue weighted by molar-refractivity contribution is 0.0850. The predicted molar refractivity (Wildman–Crippen MR) is 70.6 cm³/mol. The summed E-state index contributed by atoms with van der Waals surface area (Å²) in [5, 5.41) is 3.46. The molecule has 3 heteroatoms. The summed E-state index contributed by atoms with van der Waals surface area (Å²) in [6.07, 6.45) is 2.17. The molecule has 0 bridgehead atoms. The molecule has 0 fully saturated rings. The van der Waals surface area contributed by atoms with Crippen LogP contribution >= 0.6 is 0 Å². The fourth-order valence-corrected chi connectivity index (χ4v) is 1.91. The number of hydrogen-bond donors (Lipinski definition) is 1. The summed E-state index contributed by atoms with van der Waals surface area (Å²) in [4.78, 5) is 0. The lowest BCUT2D eigenvalue weighted by atomic mass is 10.1. The molecule has 0 saturated heterocycles. The molecule has 2 heterocycles. The number of fused-ring (bicyclic) bond motifs is 1. The van der Waals surface area contributed by atoms with Crippen molar-refractivity contribution in [3.8, 4) is 0 Å². The van der Waals surface area contributed by atoms with Crippen molar-refractivity contribution in [3.05, 3.63) is 30.1 Å². The van der Waals surface area contributed by atoms with Gasteiger partial charge in [0.05, 0.1) is 13.2 Å². The highest BCUT2D eigenvalue weighted by molar-refractivity contribution is 5.62. The Hall–Kier alpha value is -1.22. The van der Waals surface area contributed by atoms with E-state index in [9.17, 15) is 0 Å². The maximum Gasteiger partial charge on any atom is 0.0868 e. The molecule has 0 aromatic carbocycles. The number of rotatable bonds is 4. The van der Waals surface area contributed by atoms with E-state index in [1.165, 1.54) is 11.3 Å². The van der Waals surface area contributed by atoms with Crippen molar-refractivity contribution >= 4 is 5.70 Å². The van der Waals surface area contributed by atoms with Gasteiger partial charge in [0, 0.05) is 35.7 Å². The van der Waals surface area contributed by atoms with Gasteiger partial charge in [-0.05, 0) is 18.9 Å². The minimum Gasteiger partial charge on any atom is -0.382 e. The Morgan fingerprint density at radius 3 is 2.88 bits per heavy atom. The summed E-state index contributed by atoms with van der Waals surface area (Å²) in [6.45, 7) is 13.2. The first-order chi connectivity index (χ1) is 8.08. The summed E-state index contributed by atoms with van der Waals surface area (Å²) < 4.78 is 7.69. The zero-order valence-electron chi connectivity index (χ0n) is 11.0. The van der Waals surface area contributed by atoms with Crippen LogP contribution in [0.2, 0.25) is 0 Å². The summed E-state index contributed by atoms with van der Waals surface area (Å²) in [5.74, 6) is 0.604. The van der Waals surface area contributed by atoms with Gasteiger partial charge in [-0.2, -0.15) is 0 Å². The predicted octanol–water partition coefficient (Wildman–Crippen LogP) is 2.62. The fraction of sp³-hybridized carbons (Fsp3) is 0.571. The molecule has 94 valence electrons. The van der Waals surface area contributed by atoms with E-state index >= 15 is 0 Å². The van der Waals surface area contributed by atoms with E-state index in [0.29, 0.717) is 18.6 Å². The minimum atomic E-state index is 0.440. The van der Waals surface area contributed by atoms with E-state index in [2.05, 4.69) is 49.5 Å². The number of ether oxygens (including phenoxy) is 1. The molecule has 0 aliphatic carbocycles. The average molecular weight is 234 g/mol. The van der Waals surface area contributed by atoms with Crippen molar-refractivity contribution in [2.75, 3.05) is 6.61 Å². The van der Waals surface area contributed by atoms with E-state index in [1.807, 2.05) is 0 Å². The normalized spacial score (nSPS) is 16.7. The Kier molecular flexibility index (Phi) is 3.57. The van der Waals surface area contributed by atoms with Gasteiger partial charge in [-0.15, -0.1) is 0 Å². The molecule has 2 rings (SSSR count). The minimum absolute atomic E-state index is 0.440. The van der Waals surface area contributed by atoms with Gasteiger partial charge < -0.3 is 14.6 Å². The molecule has 1 aromatic heterocycles. The molecule has 1 atom stereocenters. The lowest BCUT2D eigenvalue weighted by Gasteiger charge is -2.19. The first kappa shape index (κ1) is 12.2. The third kappa shape index (κ3) is 2.72. The van der Waals surface area contributed by atoms with Gasteiger partial charge in [0.25, 0.3) is 0 Å². The van der Waals surface area contributed by atoms with Gasteiger partial charge in [-0.1, -0.05) is 20.4 Å². The maximum atomic E-state index is 5.44. The van der Waals surface area contributed by atoms with Crippen molar-refractivity contribution in [1.82, 2.24) is 9.88 Å². The van der Waals surface area contributed by atoms with Crippen LogP contribution in [0.15, 0.2) is 18.8 Å². The SMILES string of the molecule is C=C(N[C@H](C)C(C)C)c1cc2n(c1)CCOC2. The first-order valence-electron chi connectivity index (χ1n) is 6.30. The standard InChI is InChI=1S/C14H22N2O/c1-10(2)11(3)15-12(4)13-7-14-9-17-6-5-16(14)8-13/h7-8,10-11,15H,4-6,9H2,1-3H3/t11-/m1/s1. The first-order valence-corrected chi connectivity index (χ1v) is 6.30. The van der Waals surface area contributed by atoms with E-state index in [0.717, 1.165) is 18.8 Å². The lowest BCUT2D eigenvalue weighted by Crippen LogP contribution is -2.28. The molecular weight excluding hydrogens is 212 g/mol. The molecule has 3 nitrogen and oxygen atoms in total. The quantitative estimate of drug-likeness (QED) is 0.866. The highest BCUT2D eigenvalue weighted by atomic mass is 16.5. The Labute approximate surface area is 103 Å². The number of nitrogens with one attached hydrogen (secondary N) is 1. The molecule has 1 aliphatic rings. The zero-order chi connectivity index (χ0) is 12.4. The van der Waals surface area contributed by atoms with E-state index in [4.69, 9.17) is 4.74 Å². The van der Waals surface area contributed by atoms with Gasteiger partial charge in [-0.25, -0.2) is 0 Å². The number of nitrogens with zero attached hydrogens (tertiary/aromatic N) is 1. The Morgan fingerprint density at radius 2 is 2.24 bits per heavy atom. The highest BCUT2D eigenvalue weighted by Crippen LogP contribution is 2.19. The smallest absolute Gasteiger partial charge is 0.0868 e. The Balaban J connectivity index is 2.07. The van der Waals surface area contributed by atoms with Crippen LogP contribution in [0.4, 0.5) is 0 Å². The molecule has 0 saturated carbocycles. The number of aromatic nitrogens is 1. The molecule has 1 N–H and O–H groups in total. The van der Waals surface area contributed by atoms with Crippen LogP contribution in [0, 0.1) is 5.92 Å². The van der Waals surface area contributed by atoms with E-state index in [1.54, 1.807) is 0 Å². The molecule has 0 radical (unpaired) electrons. The van der Waals surface area contributed by atoms with Gasteiger partial charge in [0.2, 0.25) is 0 Å². The van der Waals surface area contributed by atoms with Crippen LogP contribution in [0.3, 0.4) is 0 Å². The van der Waals surface area contributed by atoms with Crippen LogP contribution in [-0.4, -0.2) is 17.2 Å². The van der Waals surface area contributed by atoms with E-state index in [-0.39, 0.29) is 0 Å². The second-order valence-electron chi connectivity index (χ2n) is 5.12. The van der Waals surface area contributed by atoms with Crippen LogP contribution < -0.4 is 5.32 Å². The Morgan fingerprint density at radius 1 is 1.47 bits per heavy atom. The third-order valence-corrected chi connectivity index (χ3v) is 3.46. The second kappa shape index (κ2) is 4.96. The molecule has 1 aliphatic heterocycles. The molecule has 0 unspecified atom stereocenters. The van der Waals surface area contributed by atoms with Gasteiger partial charge >= 0.3 is 0 Å². The van der Waals surface area contributed by atoms with Crippen LogP contribution in [0.1, 0.15) is 32.0 Å². The summed E-state index contributed by atoms with van der Waals surface area (Å²) in [6, 6.07) is 2.61. The molecule has 0 spiro atoms. The molecular formula is C14H22N2O. The van der Waals surface area contributed by atoms with Crippen molar-refractivity contribution in [3.63, 3.8) is 0 Å². The highest BCUT2D eigenvalue weighted by Gasteiger charge is 2.14. The largest absolute Gasteiger partial charge is 0.382 e. The number of hydrogen-bond acceptors (Lipinski definition) is 2. The van der Waals surface area contributed by atoms with Crippen molar-refractivity contribution in [2.24, 2.45) is 5.92 Å². The molecule has 17 heavy (non-hydrogen) atoms.